The van der Waals surface area contributed by atoms with Crippen LogP contribution >= 0.6 is 0 Å². The number of aliphatic hydroxyl groups is 1. The highest BCUT2D eigenvalue weighted by molar-refractivity contribution is 5.94. The first-order valence-corrected chi connectivity index (χ1v) is 9.21. The second-order valence-electron chi connectivity index (χ2n) is 7.04. The lowest BCUT2D eigenvalue weighted by molar-refractivity contribution is 0.242. The minimum absolute atomic E-state index is 0.0708. The summed E-state index contributed by atoms with van der Waals surface area (Å²) in [5, 5.41) is 14.4. The zero-order chi connectivity index (χ0) is 19.8. The zero-order valence-corrected chi connectivity index (χ0v) is 16.3. The number of nitrogens with zero attached hydrogens (tertiary/aromatic N) is 2. The molecule has 0 aliphatic carbocycles. The summed E-state index contributed by atoms with van der Waals surface area (Å²) in [6.07, 6.45) is 0.0708. The maximum absolute atomic E-state index is 9.53. The molecule has 4 rings (SSSR count). The number of rotatable bonds is 5. The molecule has 6 nitrogen and oxygen atoms in total. The van der Waals surface area contributed by atoms with Crippen molar-refractivity contribution in [3.05, 3.63) is 53.6 Å². The summed E-state index contributed by atoms with van der Waals surface area (Å²) < 4.78 is 17.0. The largest absolute Gasteiger partial charge is 0.491 e. The number of benzene rings is 1. The topological polar surface area (TPSA) is 81.5 Å². The number of pyridine rings is 1. The van der Waals surface area contributed by atoms with E-state index in [9.17, 15) is 5.11 Å². The molecule has 0 unspecified atom stereocenters. The Balaban J connectivity index is 1.95. The molecule has 1 N–H and O–H groups in total. The predicted molar refractivity (Wildman–Crippen MR) is 106 cm³/mol. The normalized spacial score (nSPS) is 11.5. The third kappa shape index (κ3) is 3.27. The van der Waals surface area contributed by atoms with Crippen LogP contribution < -0.4 is 4.74 Å². The van der Waals surface area contributed by atoms with Crippen LogP contribution in [-0.4, -0.2) is 21.4 Å². The molecule has 0 atom stereocenters. The van der Waals surface area contributed by atoms with Crippen molar-refractivity contribution in [3.8, 4) is 28.3 Å². The van der Waals surface area contributed by atoms with Gasteiger partial charge < -0.3 is 18.8 Å². The third-order valence-electron chi connectivity index (χ3n) is 4.48. The molecule has 0 amide bonds. The Bertz CT molecular complexity index is 1120. The SMILES string of the molecule is Cc1noc(C)c1-c1cc2cc(CO)oc2c(-c2cccc(OC(C)C)c2)n1. The molecule has 0 saturated heterocycles. The van der Waals surface area contributed by atoms with Gasteiger partial charge in [0.15, 0.2) is 5.58 Å². The van der Waals surface area contributed by atoms with Crippen molar-refractivity contribution >= 4 is 11.0 Å². The van der Waals surface area contributed by atoms with Crippen LogP contribution in [0.2, 0.25) is 0 Å². The van der Waals surface area contributed by atoms with Crippen molar-refractivity contribution in [2.45, 2.75) is 40.4 Å². The maximum Gasteiger partial charge on any atom is 0.160 e. The fourth-order valence-electron chi connectivity index (χ4n) is 3.34. The average molecular weight is 378 g/mol. The second kappa shape index (κ2) is 7.13. The van der Waals surface area contributed by atoms with E-state index in [1.165, 1.54) is 0 Å². The molecule has 0 aliphatic rings. The van der Waals surface area contributed by atoms with E-state index < -0.39 is 0 Å². The van der Waals surface area contributed by atoms with Gasteiger partial charge in [0, 0.05) is 10.9 Å². The molecule has 0 spiro atoms. The van der Waals surface area contributed by atoms with Gasteiger partial charge in [0.25, 0.3) is 0 Å². The lowest BCUT2D eigenvalue weighted by atomic mass is 10.0. The van der Waals surface area contributed by atoms with Gasteiger partial charge in [-0.05, 0) is 52.0 Å². The first kappa shape index (κ1) is 18.3. The van der Waals surface area contributed by atoms with E-state index in [-0.39, 0.29) is 12.7 Å². The molecule has 3 aromatic heterocycles. The lowest BCUT2D eigenvalue weighted by Gasteiger charge is -2.11. The fourth-order valence-corrected chi connectivity index (χ4v) is 3.34. The van der Waals surface area contributed by atoms with Gasteiger partial charge in [-0.15, -0.1) is 0 Å². The van der Waals surface area contributed by atoms with E-state index in [1.54, 1.807) is 0 Å². The predicted octanol–water partition coefficient (Wildman–Crippen LogP) is 5.05. The lowest BCUT2D eigenvalue weighted by Crippen LogP contribution is -2.05. The van der Waals surface area contributed by atoms with Crippen molar-refractivity contribution in [1.82, 2.24) is 10.1 Å². The summed E-state index contributed by atoms with van der Waals surface area (Å²) in [5.41, 5.74) is 4.57. The Hall–Kier alpha value is -3.12. The number of hydrogen-bond donors (Lipinski definition) is 1. The number of aromatic nitrogens is 2. The van der Waals surface area contributed by atoms with E-state index >= 15 is 0 Å². The molecule has 1 aromatic carbocycles. The van der Waals surface area contributed by atoms with E-state index in [2.05, 4.69) is 5.16 Å². The molecule has 0 fully saturated rings. The molecule has 3 heterocycles. The van der Waals surface area contributed by atoms with E-state index in [0.717, 1.165) is 33.7 Å². The Morgan fingerprint density at radius 1 is 1.14 bits per heavy atom. The number of furan rings is 1. The summed E-state index contributed by atoms with van der Waals surface area (Å²) in [6.45, 7) is 7.56. The van der Waals surface area contributed by atoms with Gasteiger partial charge in [0.1, 0.15) is 29.6 Å². The van der Waals surface area contributed by atoms with Crippen LogP contribution in [0.5, 0.6) is 5.75 Å². The van der Waals surface area contributed by atoms with E-state index in [0.29, 0.717) is 22.8 Å². The second-order valence-corrected chi connectivity index (χ2v) is 7.04. The minimum atomic E-state index is -0.175. The number of aliphatic hydroxyl groups excluding tert-OH is 1. The highest BCUT2D eigenvalue weighted by Crippen LogP contribution is 2.36. The molecule has 0 bridgehead atoms. The number of aryl methyl sites for hydroxylation is 2. The Kier molecular flexibility index (Phi) is 4.65. The first-order valence-electron chi connectivity index (χ1n) is 9.21. The molecule has 6 heteroatoms. The van der Waals surface area contributed by atoms with Crippen molar-refractivity contribution in [2.24, 2.45) is 0 Å². The van der Waals surface area contributed by atoms with Crippen LogP contribution in [0.3, 0.4) is 0 Å². The Morgan fingerprint density at radius 2 is 1.96 bits per heavy atom. The van der Waals surface area contributed by atoms with Crippen molar-refractivity contribution < 1.29 is 18.8 Å². The third-order valence-corrected chi connectivity index (χ3v) is 4.48. The van der Waals surface area contributed by atoms with Crippen LogP contribution in [-0.2, 0) is 6.61 Å². The van der Waals surface area contributed by atoms with Crippen molar-refractivity contribution in [3.63, 3.8) is 0 Å². The van der Waals surface area contributed by atoms with E-state index in [4.69, 9.17) is 18.7 Å². The summed E-state index contributed by atoms with van der Waals surface area (Å²) in [7, 11) is 0. The van der Waals surface area contributed by atoms with E-state index in [1.807, 2.05) is 64.1 Å². The number of fused-ring (bicyclic) bond motifs is 1. The smallest absolute Gasteiger partial charge is 0.160 e. The van der Waals surface area contributed by atoms with Gasteiger partial charge in [-0.2, -0.15) is 0 Å². The van der Waals surface area contributed by atoms with Crippen molar-refractivity contribution in [1.29, 1.82) is 0 Å². The zero-order valence-electron chi connectivity index (χ0n) is 16.3. The van der Waals surface area contributed by atoms with Gasteiger partial charge in [0.05, 0.1) is 23.1 Å². The molecule has 0 saturated carbocycles. The molecular weight excluding hydrogens is 356 g/mol. The molecular formula is C22H22N2O4. The maximum atomic E-state index is 9.53. The quantitative estimate of drug-likeness (QED) is 0.523. The van der Waals surface area contributed by atoms with Crippen LogP contribution in [0.1, 0.15) is 31.1 Å². The summed E-state index contributed by atoms with van der Waals surface area (Å²) in [6, 6.07) is 11.5. The molecule has 144 valence electrons. The van der Waals surface area contributed by atoms with Gasteiger partial charge >= 0.3 is 0 Å². The van der Waals surface area contributed by atoms with Crippen LogP contribution in [0, 0.1) is 13.8 Å². The van der Waals surface area contributed by atoms with Crippen LogP contribution in [0.15, 0.2) is 45.3 Å². The number of ether oxygens (including phenoxy) is 1. The van der Waals surface area contributed by atoms with Crippen LogP contribution in [0.25, 0.3) is 33.5 Å². The minimum Gasteiger partial charge on any atom is -0.491 e. The summed E-state index contributed by atoms with van der Waals surface area (Å²) >= 11 is 0. The number of hydrogen-bond acceptors (Lipinski definition) is 6. The Morgan fingerprint density at radius 3 is 2.64 bits per heavy atom. The molecule has 4 aromatic rings. The highest BCUT2D eigenvalue weighted by Gasteiger charge is 2.19. The van der Waals surface area contributed by atoms with Gasteiger partial charge in [-0.1, -0.05) is 17.3 Å². The summed E-state index contributed by atoms with van der Waals surface area (Å²) in [4.78, 5) is 4.87. The monoisotopic (exact) mass is 378 g/mol. The molecule has 0 radical (unpaired) electrons. The molecule has 0 aliphatic heterocycles. The fraction of sp³-hybridized carbons (Fsp3) is 0.273. The average Bonchev–Trinajstić information content (AvgIpc) is 3.23. The highest BCUT2D eigenvalue weighted by atomic mass is 16.5. The Labute approximate surface area is 162 Å². The van der Waals surface area contributed by atoms with Gasteiger partial charge in [-0.3, -0.25) is 0 Å². The van der Waals surface area contributed by atoms with Crippen molar-refractivity contribution in [2.75, 3.05) is 0 Å². The molecule has 28 heavy (non-hydrogen) atoms. The first-order chi connectivity index (χ1) is 13.5. The van der Waals surface area contributed by atoms with Crippen LogP contribution in [0.4, 0.5) is 0 Å². The van der Waals surface area contributed by atoms with Gasteiger partial charge in [-0.25, -0.2) is 4.98 Å². The summed E-state index contributed by atoms with van der Waals surface area (Å²) in [5.74, 6) is 1.96. The standard InChI is InChI=1S/C22H22N2O4/c1-12(2)26-17-7-5-6-15(8-17)21-22-16(9-18(11-25)27-22)10-19(23-21)20-13(3)24-28-14(20)4/h5-10,12,25H,11H2,1-4H3. The van der Waals surface area contributed by atoms with Gasteiger partial charge in [0.2, 0.25) is 0 Å².